The third-order valence-corrected chi connectivity index (χ3v) is 1.01. The van der Waals surface area contributed by atoms with Gasteiger partial charge in [0.1, 0.15) is 0 Å². The van der Waals surface area contributed by atoms with Gasteiger partial charge < -0.3 is 9.84 Å². The molecule has 0 aliphatic heterocycles. The number of hydrogen-bond donors (Lipinski definition) is 1. The predicted molar refractivity (Wildman–Crippen MR) is 37.9 cm³/mol. The number of hydrogen-bond acceptors (Lipinski definition) is 2. The Hall–Kier alpha value is -0.900. The molecule has 11 heavy (non-hydrogen) atoms. The lowest BCUT2D eigenvalue weighted by molar-refractivity contribution is -0.163. The first-order chi connectivity index (χ1) is 5.18. The van der Waals surface area contributed by atoms with E-state index in [2.05, 4.69) is 11.3 Å². The Morgan fingerprint density at radius 3 is 2.91 bits per heavy atom. The van der Waals surface area contributed by atoms with E-state index in [0.717, 1.165) is 0 Å². The van der Waals surface area contributed by atoms with E-state index in [-0.39, 0.29) is 6.61 Å². The van der Waals surface area contributed by atoms with Gasteiger partial charge in [0.15, 0.2) is 0 Å². The lowest BCUT2D eigenvalue weighted by atomic mass is 10.3. The molecular weight excluding hydrogens is 151 g/mol. The summed E-state index contributed by atoms with van der Waals surface area (Å²) in [6.45, 7) is 3.56. The highest BCUT2D eigenvalue weighted by molar-refractivity contribution is 5.70. The minimum atomic E-state index is -2.19. The maximum atomic E-state index is 12.1. The quantitative estimate of drug-likeness (QED) is 0.473. The normalized spacial score (nSPS) is 12.5. The van der Waals surface area contributed by atoms with Crippen molar-refractivity contribution in [3.8, 4) is 0 Å². The van der Waals surface area contributed by atoms with Crippen LogP contribution in [0, 0.1) is 0 Å². The van der Waals surface area contributed by atoms with Crippen molar-refractivity contribution in [2.24, 2.45) is 0 Å². The minimum absolute atomic E-state index is 0.111. The molecule has 1 unspecified atom stereocenters. The second-order valence-electron chi connectivity index (χ2n) is 1.96. The molecular formula is C7H11FO3. The molecule has 1 atom stereocenters. The largest absolute Gasteiger partial charge is 0.477 e. The standard InChI is InChI=1S/C7H11FO3/c1-2-3-4-5-11-6(8)7(9)10/h2,6H,1,3-5H2,(H,9,10). The zero-order valence-corrected chi connectivity index (χ0v) is 6.12. The Balaban J connectivity index is 3.24. The molecule has 0 rings (SSSR count). The Labute approximate surface area is 64.5 Å². The summed E-state index contributed by atoms with van der Waals surface area (Å²) < 4.78 is 16.4. The summed E-state index contributed by atoms with van der Waals surface area (Å²) >= 11 is 0. The van der Waals surface area contributed by atoms with Crippen LogP contribution in [0.4, 0.5) is 4.39 Å². The SMILES string of the molecule is C=CCCCOC(F)C(=O)O. The molecule has 0 aliphatic carbocycles. The second-order valence-corrected chi connectivity index (χ2v) is 1.96. The van der Waals surface area contributed by atoms with Gasteiger partial charge in [-0.3, -0.25) is 0 Å². The van der Waals surface area contributed by atoms with Gasteiger partial charge in [0.05, 0.1) is 6.61 Å². The number of rotatable bonds is 6. The molecule has 0 saturated carbocycles. The lowest BCUT2D eigenvalue weighted by Gasteiger charge is -2.02. The first kappa shape index (κ1) is 10.1. The summed E-state index contributed by atoms with van der Waals surface area (Å²) in [7, 11) is 0. The van der Waals surface area contributed by atoms with Crippen LogP contribution < -0.4 is 0 Å². The van der Waals surface area contributed by atoms with Crippen LogP contribution in [0.1, 0.15) is 12.8 Å². The van der Waals surface area contributed by atoms with Crippen LogP contribution in [0.25, 0.3) is 0 Å². The first-order valence-electron chi connectivity index (χ1n) is 3.28. The monoisotopic (exact) mass is 162 g/mol. The number of carbonyl (C=O) groups is 1. The van der Waals surface area contributed by atoms with E-state index >= 15 is 0 Å². The number of halogens is 1. The van der Waals surface area contributed by atoms with E-state index in [4.69, 9.17) is 5.11 Å². The molecule has 0 aromatic heterocycles. The summed E-state index contributed by atoms with van der Waals surface area (Å²) in [5.74, 6) is -1.58. The fourth-order valence-corrected chi connectivity index (χ4v) is 0.486. The third-order valence-electron chi connectivity index (χ3n) is 1.01. The van der Waals surface area contributed by atoms with Crippen molar-refractivity contribution < 1.29 is 19.0 Å². The van der Waals surface area contributed by atoms with Crippen molar-refractivity contribution in [1.29, 1.82) is 0 Å². The van der Waals surface area contributed by atoms with E-state index in [1.54, 1.807) is 6.08 Å². The fourth-order valence-electron chi connectivity index (χ4n) is 0.486. The molecule has 0 spiro atoms. The van der Waals surface area contributed by atoms with Crippen molar-refractivity contribution in [1.82, 2.24) is 0 Å². The van der Waals surface area contributed by atoms with Crippen LogP contribution in [0.5, 0.6) is 0 Å². The summed E-state index contributed by atoms with van der Waals surface area (Å²) in [5.41, 5.74) is 0. The fraction of sp³-hybridized carbons (Fsp3) is 0.571. The van der Waals surface area contributed by atoms with Gasteiger partial charge in [0.25, 0.3) is 6.36 Å². The molecule has 0 amide bonds. The van der Waals surface area contributed by atoms with Crippen LogP contribution in [0.15, 0.2) is 12.7 Å². The van der Waals surface area contributed by atoms with Crippen LogP contribution in [0.3, 0.4) is 0 Å². The molecule has 0 saturated heterocycles. The number of alkyl halides is 1. The maximum Gasteiger partial charge on any atom is 0.366 e. The molecule has 64 valence electrons. The molecule has 0 radical (unpaired) electrons. The summed E-state index contributed by atoms with van der Waals surface area (Å²) in [4.78, 5) is 9.84. The molecule has 1 N–H and O–H groups in total. The number of ether oxygens (including phenoxy) is 1. The topological polar surface area (TPSA) is 46.5 Å². The molecule has 0 aliphatic rings. The minimum Gasteiger partial charge on any atom is -0.477 e. The Morgan fingerprint density at radius 1 is 1.82 bits per heavy atom. The van der Waals surface area contributed by atoms with Crippen LogP contribution >= 0.6 is 0 Å². The zero-order valence-electron chi connectivity index (χ0n) is 6.12. The van der Waals surface area contributed by atoms with Crippen molar-refractivity contribution in [2.45, 2.75) is 19.2 Å². The molecule has 3 nitrogen and oxygen atoms in total. The number of unbranched alkanes of at least 4 members (excludes halogenated alkanes) is 1. The van der Waals surface area contributed by atoms with E-state index in [9.17, 15) is 9.18 Å². The van der Waals surface area contributed by atoms with Gasteiger partial charge in [-0.1, -0.05) is 6.08 Å². The number of allylic oxidation sites excluding steroid dienone is 1. The van der Waals surface area contributed by atoms with Gasteiger partial charge in [0.2, 0.25) is 0 Å². The summed E-state index contributed by atoms with van der Waals surface area (Å²) in [6.07, 6.45) is 0.765. The maximum absolute atomic E-state index is 12.1. The molecule has 0 fully saturated rings. The highest BCUT2D eigenvalue weighted by atomic mass is 19.1. The molecule has 0 bridgehead atoms. The van der Waals surface area contributed by atoms with Gasteiger partial charge in [-0.2, -0.15) is 0 Å². The average molecular weight is 162 g/mol. The van der Waals surface area contributed by atoms with Crippen molar-refractivity contribution >= 4 is 5.97 Å². The van der Waals surface area contributed by atoms with Gasteiger partial charge in [-0.25, -0.2) is 9.18 Å². The van der Waals surface area contributed by atoms with Gasteiger partial charge in [0, 0.05) is 0 Å². The van der Waals surface area contributed by atoms with E-state index < -0.39 is 12.3 Å². The summed E-state index contributed by atoms with van der Waals surface area (Å²) in [6, 6.07) is 0. The van der Waals surface area contributed by atoms with E-state index in [1.807, 2.05) is 0 Å². The Morgan fingerprint density at radius 2 is 2.45 bits per heavy atom. The second kappa shape index (κ2) is 5.85. The molecule has 0 aromatic carbocycles. The van der Waals surface area contributed by atoms with Crippen molar-refractivity contribution in [3.63, 3.8) is 0 Å². The number of carboxylic acid groups (broad SMARTS) is 1. The first-order valence-corrected chi connectivity index (χ1v) is 3.28. The lowest BCUT2D eigenvalue weighted by Crippen LogP contribution is -2.18. The Kier molecular flexibility index (Phi) is 5.37. The van der Waals surface area contributed by atoms with Crippen LogP contribution in [-0.2, 0) is 9.53 Å². The smallest absolute Gasteiger partial charge is 0.366 e. The predicted octanol–water partition coefficient (Wildman–Crippen LogP) is 1.35. The number of carboxylic acids is 1. The highest BCUT2D eigenvalue weighted by Gasteiger charge is 2.14. The van der Waals surface area contributed by atoms with E-state index in [0.29, 0.717) is 12.8 Å². The highest BCUT2D eigenvalue weighted by Crippen LogP contribution is 1.97. The van der Waals surface area contributed by atoms with Crippen LogP contribution in [0.2, 0.25) is 0 Å². The third kappa shape index (κ3) is 5.54. The van der Waals surface area contributed by atoms with Crippen molar-refractivity contribution in [3.05, 3.63) is 12.7 Å². The van der Waals surface area contributed by atoms with Gasteiger partial charge in [-0.05, 0) is 12.8 Å². The molecule has 0 aromatic rings. The van der Waals surface area contributed by atoms with Gasteiger partial charge >= 0.3 is 5.97 Å². The zero-order chi connectivity index (χ0) is 8.69. The molecule has 0 heterocycles. The van der Waals surface area contributed by atoms with Crippen molar-refractivity contribution in [2.75, 3.05) is 6.61 Å². The Bertz CT molecular complexity index is 136. The van der Waals surface area contributed by atoms with Crippen LogP contribution in [-0.4, -0.2) is 24.0 Å². The number of aliphatic carboxylic acids is 1. The summed E-state index contributed by atoms with van der Waals surface area (Å²) in [5, 5.41) is 8.02. The van der Waals surface area contributed by atoms with Gasteiger partial charge in [-0.15, -0.1) is 6.58 Å². The average Bonchev–Trinajstić information content (AvgIpc) is 1.97. The molecule has 4 heteroatoms. The van der Waals surface area contributed by atoms with E-state index in [1.165, 1.54) is 0 Å².